The molecule has 0 radical (unpaired) electrons. The van der Waals surface area contributed by atoms with Crippen LogP contribution in [0.2, 0.25) is 0 Å². The molecule has 0 spiro atoms. The van der Waals surface area contributed by atoms with Crippen LogP contribution in [0.3, 0.4) is 0 Å². The van der Waals surface area contributed by atoms with Crippen LogP contribution in [-0.4, -0.2) is 25.2 Å². The summed E-state index contributed by atoms with van der Waals surface area (Å²) >= 11 is 0. The van der Waals surface area contributed by atoms with Gasteiger partial charge < -0.3 is 15.8 Å². The number of nitrogens with two attached hydrogens (primary N) is 1. The van der Waals surface area contributed by atoms with Crippen LogP contribution in [0.1, 0.15) is 25.8 Å². The van der Waals surface area contributed by atoms with Gasteiger partial charge >= 0.3 is 0 Å². The molecule has 1 amide bonds. The smallest absolute Gasteiger partial charge is 0.224 e. The Morgan fingerprint density at radius 1 is 1.44 bits per heavy atom. The molecule has 100 valence electrons. The first-order valence-corrected chi connectivity index (χ1v) is 6.30. The number of ether oxygens (including phenoxy) is 1. The highest BCUT2D eigenvalue weighted by Crippen LogP contribution is 2.06. The van der Waals surface area contributed by atoms with E-state index < -0.39 is 0 Å². The summed E-state index contributed by atoms with van der Waals surface area (Å²) in [6, 6.07) is 7.39. The van der Waals surface area contributed by atoms with Gasteiger partial charge in [0.05, 0.1) is 12.5 Å². The zero-order chi connectivity index (χ0) is 13.4. The molecule has 0 saturated heterocycles. The highest BCUT2D eigenvalue weighted by molar-refractivity contribution is 5.78. The van der Waals surface area contributed by atoms with E-state index in [9.17, 15) is 4.79 Å². The summed E-state index contributed by atoms with van der Waals surface area (Å²) in [6.45, 7) is 5.32. The number of carbonyl (C=O) groups excluding carboxylic acids is 1. The van der Waals surface area contributed by atoms with Crippen molar-refractivity contribution in [2.75, 3.05) is 18.9 Å². The summed E-state index contributed by atoms with van der Waals surface area (Å²) < 4.78 is 5.39. The van der Waals surface area contributed by atoms with Crippen LogP contribution >= 0.6 is 0 Å². The number of anilines is 1. The lowest BCUT2D eigenvalue weighted by molar-refractivity contribution is -0.120. The maximum absolute atomic E-state index is 11.6. The third-order valence-electron chi connectivity index (χ3n) is 2.41. The second kappa shape index (κ2) is 7.71. The number of nitrogens with one attached hydrogen (secondary N) is 1. The Hall–Kier alpha value is -1.55. The minimum absolute atomic E-state index is 0.0187. The van der Waals surface area contributed by atoms with Crippen LogP contribution in [0.4, 0.5) is 5.69 Å². The molecule has 0 aliphatic rings. The lowest BCUT2D eigenvalue weighted by Gasteiger charge is -2.08. The van der Waals surface area contributed by atoms with E-state index in [2.05, 4.69) is 5.32 Å². The molecule has 1 rings (SSSR count). The van der Waals surface area contributed by atoms with E-state index in [1.807, 2.05) is 38.1 Å². The molecule has 18 heavy (non-hydrogen) atoms. The first-order valence-electron chi connectivity index (χ1n) is 6.30. The first kappa shape index (κ1) is 14.5. The molecule has 4 nitrogen and oxygen atoms in total. The fourth-order valence-electron chi connectivity index (χ4n) is 1.57. The molecule has 0 unspecified atom stereocenters. The van der Waals surface area contributed by atoms with Crippen molar-refractivity contribution in [3.8, 4) is 0 Å². The molecule has 0 aliphatic carbocycles. The van der Waals surface area contributed by atoms with Crippen LogP contribution in [-0.2, 0) is 16.0 Å². The Morgan fingerprint density at radius 3 is 2.89 bits per heavy atom. The van der Waals surface area contributed by atoms with Crippen molar-refractivity contribution in [3.63, 3.8) is 0 Å². The average molecular weight is 250 g/mol. The van der Waals surface area contributed by atoms with Gasteiger partial charge in [-0.1, -0.05) is 12.1 Å². The predicted molar refractivity (Wildman–Crippen MR) is 73.3 cm³/mol. The molecule has 4 heteroatoms. The first-order chi connectivity index (χ1) is 8.58. The van der Waals surface area contributed by atoms with Gasteiger partial charge in [-0.2, -0.15) is 0 Å². The van der Waals surface area contributed by atoms with Crippen LogP contribution in [0, 0.1) is 0 Å². The molecule has 3 N–H and O–H groups in total. The van der Waals surface area contributed by atoms with Gasteiger partial charge in [0.15, 0.2) is 0 Å². The van der Waals surface area contributed by atoms with Crippen molar-refractivity contribution >= 4 is 11.6 Å². The fraction of sp³-hybridized carbons (Fsp3) is 0.500. The van der Waals surface area contributed by atoms with Crippen molar-refractivity contribution in [2.45, 2.75) is 32.8 Å². The lowest BCUT2D eigenvalue weighted by atomic mass is 10.1. The molecular formula is C14H22N2O2. The van der Waals surface area contributed by atoms with Crippen molar-refractivity contribution in [1.29, 1.82) is 0 Å². The molecule has 1 aromatic carbocycles. The number of nitrogen functional groups attached to an aromatic ring is 1. The van der Waals surface area contributed by atoms with Crippen molar-refractivity contribution in [3.05, 3.63) is 29.8 Å². The van der Waals surface area contributed by atoms with Crippen LogP contribution < -0.4 is 11.1 Å². The number of hydrogen-bond acceptors (Lipinski definition) is 3. The van der Waals surface area contributed by atoms with Crippen LogP contribution in [0.15, 0.2) is 24.3 Å². The SMILES string of the molecule is CC(C)OCCCNC(=O)Cc1cccc(N)c1. The topological polar surface area (TPSA) is 64.3 Å². The monoisotopic (exact) mass is 250 g/mol. The third kappa shape index (κ3) is 6.25. The van der Waals surface area contributed by atoms with Crippen molar-refractivity contribution < 1.29 is 9.53 Å². The molecule has 0 saturated carbocycles. The largest absolute Gasteiger partial charge is 0.399 e. The summed E-state index contributed by atoms with van der Waals surface area (Å²) in [5.74, 6) is 0.0187. The molecule has 0 aromatic heterocycles. The van der Waals surface area contributed by atoms with Gasteiger partial charge in [-0.3, -0.25) is 4.79 Å². The number of benzene rings is 1. The van der Waals surface area contributed by atoms with Gasteiger partial charge in [-0.25, -0.2) is 0 Å². The van der Waals surface area contributed by atoms with Gasteiger partial charge in [0, 0.05) is 18.8 Å². The van der Waals surface area contributed by atoms with E-state index in [1.165, 1.54) is 0 Å². The van der Waals surface area contributed by atoms with Crippen molar-refractivity contribution in [1.82, 2.24) is 5.32 Å². The van der Waals surface area contributed by atoms with Crippen LogP contribution in [0.25, 0.3) is 0 Å². The van der Waals surface area contributed by atoms with Gasteiger partial charge in [0.1, 0.15) is 0 Å². The Labute approximate surface area is 109 Å². The second-order valence-electron chi connectivity index (χ2n) is 4.54. The molecule has 0 bridgehead atoms. The van der Waals surface area contributed by atoms with Gasteiger partial charge in [-0.05, 0) is 38.0 Å². The van der Waals surface area contributed by atoms with E-state index in [0.717, 1.165) is 12.0 Å². The van der Waals surface area contributed by atoms with E-state index in [0.29, 0.717) is 25.3 Å². The summed E-state index contributed by atoms with van der Waals surface area (Å²) in [4.78, 5) is 11.6. The summed E-state index contributed by atoms with van der Waals surface area (Å²) in [5.41, 5.74) is 7.28. The number of amides is 1. The molecule has 0 atom stereocenters. The molecule has 0 heterocycles. The normalized spacial score (nSPS) is 10.6. The highest BCUT2D eigenvalue weighted by atomic mass is 16.5. The minimum atomic E-state index is 0.0187. The zero-order valence-corrected chi connectivity index (χ0v) is 11.1. The highest BCUT2D eigenvalue weighted by Gasteiger charge is 2.03. The minimum Gasteiger partial charge on any atom is -0.399 e. The standard InChI is InChI=1S/C14H22N2O2/c1-11(2)18-8-4-7-16-14(17)10-12-5-3-6-13(15)9-12/h3,5-6,9,11H,4,7-8,10,15H2,1-2H3,(H,16,17). The number of carbonyl (C=O) groups is 1. The zero-order valence-electron chi connectivity index (χ0n) is 11.1. The van der Waals surface area contributed by atoms with E-state index in [-0.39, 0.29) is 12.0 Å². The molecule has 1 aromatic rings. The lowest BCUT2D eigenvalue weighted by Crippen LogP contribution is -2.27. The summed E-state index contributed by atoms with van der Waals surface area (Å²) in [7, 11) is 0. The van der Waals surface area contributed by atoms with Crippen molar-refractivity contribution in [2.24, 2.45) is 0 Å². The second-order valence-corrected chi connectivity index (χ2v) is 4.54. The van der Waals surface area contributed by atoms with E-state index in [1.54, 1.807) is 0 Å². The van der Waals surface area contributed by atoms with Gasteiger partial charge in [0.2, 0.25) is 5.91 Å². The van der Waals surface area contributed by atoms with Gasteiger partial charge in [0.25, 0.3) is 0 Å². The Bertz CT molecular complexity index is 378. The van der Waals surface area contributed by atoms with Crippen LogP contribution in [0.5, 0.6) is 0 Å². The van der Waals surface area contributed by atoms with E-state index >= 15 is 0 Å². The average Bonchev–Trinajstić information content (AvgIpc) is 2.28. The quantitative estimate of drug-likeness (QED) is 0.572. The maximum atomic E-state index is 11.6. The summed E-state index contributed by atoms with van der Waals surface area (Å²) in [6.07, 6.45) is 1.45. The molecule has 0 fully saturated rings. The fourth-order valence-corrected chi connectivity index (χ4v) is 1.57. The molecule has 0 aliphatic heterocycles. The Balaban J connectivity index is 2.18. The summed E-state index contributed by atoms with van der Waals surface area (Å²) in [5, 5.41) is 2.86. The Kier molecular flexibility index (Phi) is 6.22. The molecular weight excluding hydrogens is 228 g/mol. The number of hydrogen-bond donors (Lipinski definition) is 2. The van der Waals surface area contributed by atoms with Gasteiger partial charge in [-0.15, -0.1) is 0 Å². The van der Waals surface area contributed by atoms with E-state index in [4.69, 9.17) is 10.5 Å². The number of rotatable bonds is 7. The maximum Gasteiger partial charge on any atom is 0.224 e. The third-order valence-corrected chi connectivity index (χ3v) is 2.41. The Morgan fingerprint density at radius 2 is 2.22 bits per heavy atom. The predicted octanol–water partition coefficient (Wildman–Crippen LogP) is 1.74.